The fourth-order valence-corrected chi connectivity index (χ4v) is 3.00. The standard InChI is InChI=1S/C11H8BrClN2O/c12-6-5-14-9-7(8(6)13)11(10(16)15-9)3-1-2-4-11/h1-2,5H,3-4H2,(H,14,15,16). The maximum atomic E-state index is 12.1. The van der Waals surface area contributed by atoms with Crippen molar-refractivity contribution in [2.45, 2.75) is 18.3 Å². The minimum absolute atomic E-state index is 0.000000000000000666. The topological polar surface area (TPSA) is 42.0 Å². The van der Waals surface area contributed by atoms with Gasteiger partial charge in [0.25, 0.3) is 0 Å². The van der Waals surface area contributed by atoms with Crippen LogP contribution in [0.4, 0.5) is 5.82 Å². The number of carbonyl (C=O) groups is 1. The monoisotopic (exact) mass is 298 g/mol. The first-order chi connectivity index (χ1) is 7.65. The van der Waals surface area contributed by atoms with Crippen LogP contribution >= 0.6 is 27.5 Å². The quantitative estimate of drug-likeness (QED) is 0.748. The van der Waals surface area contributed by atoms with Crippen LogP contribution in [0.5, 0.6) is 0 Å². The predicted molar refractivity (Wildman–Crippen MR) is 65.6 cm³/mol. The fraction of sp³-hybridized carbons (Fsp3) is 0.273. The number of aromatic nitrogens is 1. The summed E-state index contributed by atoms with van der Waals surface area (Å²) in [6, 6.07) is 0. The third-order valence-corrected chi connectivity index (χ3v) is 4.44. The summed E-state index contributed by atoms with van der Waals surface area (Å²) in [6.07, 6.45) is 7.05. The molecule has 0 fully saturated rings. The maximum Gasteiger partial charge on any atom is 0.237 e. The molecule has 1 aromatic heterocycles. The zero-order valence-electron chi connectivity index (χ0n) is 8.26. The van der Waals surface area contributed by atoms with Gasteiger partial charge in [0, 0.05) is 11.8 Å². The number of rotatable bonds is 0. The highest BCUT2D eigenvalue weighted by molar-refractivity contribution is 9.10. The Balaban J connectivity index is 2.27. The molecule has 82 valence electrons. The zero-order valence-corrected chi connectivity index (χ0v) is 10.6. The van der Waals surface area contributed by atoms with Crippen LogP contribution in [0.3, 0.4) is 0 Å². The Hall–Kier alpha value is -0.870. The molecule has 2 aliphatic rings. The number of hydrogen-bond acceptors (Lipinski definition) is 2. The van der Waals surface area contributed by atoms with E-state index < -0.39 is 5.41 Å². The molecule has 2 heterocycles. The van der Waals surface area contributed by atoms with Crippen LogP contribution in [0, 0.1) is 0 Å². The lowest BCUT2D eigenvalue weighted by Crippen LogP contribution is -2.31. The lowest BCUT2D eigenvalue weighted by atomic mass is 9.80. The summed E-state index contributed by atoms with van der Waals surface area (Å²) in [5.74, 6) is 0.599. The highest BCUT2D eigenvalue weighted by Gasteiger charge is 2.49. The molecule has 0 aromatic carbocycles. The highest BCUT2D eigenvalue weighted by atomic mass is 79.9. The second kappa shape index (κ2) is 3.31. The molecule has 1 spiro atoms. The summed E-state index contributed by atoms with van der Waals surface area (Å²) in [5, 5.41) is 3.39. The van der Waals surface area contributed by atoms with Crippen molar-refractivity contribution >= 4 is 39.3 Å². The number of pyridine rings is 1. The number of allylic oxidation sites excluding steroid dienone is 2. The zero-order chi connectivity index (χ0) is 11.3. The van der Waals surface area contributed by atoms with E-state index in [2.05, 4.69) is 26.2 Å². The van der Waals surface area contributed by atoms with Crippen molar-refractivity contribution in [2.75, 3.05) is 5.32 Å². The number of nitrogens with one attached hydrogen (secondary N) is 1. The molecule has 1 N–H and O–H groups in total. The van der Waals surface area contributed by atoms with E-state index in [1.54, 1.807) is 6.20 Å². The SMILES string of the molecule is O=C1Nc2ncc(Br)c(Cl)c2C12CC=CC2. The first kappa shape index (κ1) is 10.3. The van der Waals surface area contributed by atoms with E-state index in [1.165, 1.54) is 0 Å². The van der Waals surface area contributed by atoms with Gasteiger partial charge in [0.1, 0.15) is 5.82 Å². The summed E-state index contributed by atoms with van der Waals surface area (Å²) in [6.45, 7) is 0. The van der Waals surface area contributed by atoms with Gasteiger partial charge in [-0.3, -0.25) is 4.79 Å². The molecule has 0 bridgehead atoms. The van der Waals surface area contributed by atoms with Crippen LogP contribution in [0.25, 0.3) is 0 Å². The number of hydrogen-bond donors (Lipinski definition) is 1. The second-order valence-electron chi connectivity index (χ2n) is 4.06. The van der Waals surface area contributed by atoms with Crippen LogP contribution in [-0.2, 0) is 10.2 Å². The molecule has 0 unspecified atom stereocenters. The molecule has 3 nitrogen and oxygen atoms in total. The molecule has 3 rings (SSSR count). The molecule has 5 heteroatoms. The molecule has 16 heavy (non-hydrogen) atoms. The van der Waals surface area contributed by atoms with E-state index in [1.807, 2.05) is 12.2 Å². The lowest BCUT2D eigenvalue weighted by molar-refractivity contribution is -0.120. The number of carbonyl (C=O) groups excluding carboxylic acids is 1. The molecular formula is C11H8BrClN2O. The minimum Gasteiger partial charge on any atom is -0.310 e. The van der Waals surface area contributed by atoms with E-state index in [-0.39, 0.29) is 5.91 Å². The normalized spacial score (nSPS) is 20.2. The predicted octanol–water partition coefficient (Wildman–Crippen LogP) is 3.04. The van der Waals surface area contributed by atoms with Gasteiger partial charge in [-0.2, -0.15) is 0 Å². The number of amides is 1. The van der Waals surface area contributed by atoms with E-state index in [9.17, 15) is 4.79 Å². The van der Waals surface area contributed by atoms with Crippen LogP contribution in [-0.4, -0.2) is 10.9 Å². The summed E-state index contributed by atoms with van der Waals surface area (Å²) >= 11 is 9.61. The summed E-state index contributed by atoms with van der Waals surface area (Å²) < 4.78 is 0.732. The van der Waals surface area contributed by atoms with Crippen molar-refractivity contribution in [1.82, 2.24) is 4.98 Å². The second-order valence-corrected chi connectivity index (χ2v) is 5.29. The summed E-state index contributed by atoms with van der Waals surface area (Å²) in [5.41, 5.74) is 0.307. The molecule has 1 amide bonds. The van der Waals surface area contributed by atoms with E-state index in [4.69, 9.17) is 11.6 Å². The Morgan fingerprint density at radius 1 is 1.44 bits per heavy atom. The van der Waals surface area contributed by atoms with Gasteiger partial charge in [0.05, 0.1) is 14.9 Å². The van der Waals surface area contributed by atoms with Crippen molar-refractivity contribution in [1.29, 1.82) is 0 Å². The number of fused-ring (bicyclic) bond motifs is 2. The van der Waals surface area contributed by atoms with Crippen molar-refractivity contribution in [3.8, 4) is 0 Å². The number of anilines is 1. The molecule has 0 saturated heterocycles. The van der Waals surface area contributed by atoms with Gasteiger partial charge in [-0.1, -0.05) is 23.8 Å². The maximum absolute atomic E-state index is 12.1. The van der Waals surface area contributed by atoms with Gasteiger partial charge in [0.15, 0.2) is 0 Å². The number of halogens is 2. The molecule has 0 radical (unpaired) electrons. The van der Waals surface area contributed by atoms with E-state index >= 15 is 0 Å². The van der Waals surface area contributed by atoms with E-state index in [0.717, 1.165) is 10.0 Å². The Labute approximate surface area is 106 Å². The Morgan fingerprint density at radius 2 is 2.12 bits per heavy atom. The largest absolute Gasteiger partial charge is 0.310 e. The van der Waals surface area contributed by atoms with Crippen LogP contribution in [0.2, 0.25) is 5.02 Å². The smallest absolute Gasteiger partial charge is 0.237 e. The highest BCUT2D eigenvalue weighted by Crippen LogP contribution is 2.49. The average Bonchev–Trinajstić information content (AvgIpc) is 2.83. The third-order valence-electron chi connectivity index (χ3n) is 3.22. The van der Waals surface area contributed by atoms with Crippen molar-refractivity contribution in [3.05, 3.63) is 33.4 Å². The lowest BCUT2D eigenvalue weighted by Gasteiger charge is -2.21. The van der Waals surface area contributed by atoms with E-state index in [0.29, 0.717) is 23.7 Å². The minimum atomic E-state index is -0.525. The summed E-state index contributed by atoms with van der Waals surface area (Å²) in [4.78, 5) is 16.3. The van der Waals surface area contributed by atoms with Gasteiger partial charge < -0.3 is 5.32 Å². The first-order valence-corrected chi connectivity index (χ1v) is 6.13. The number of nitrogens with zero attached hydrogens (tertiary/aromatic N) is 1. The van der Waals surface area contributed by atoms with Crippen molar-refractivity contribution in [3.63, 3.8) is 0 Å². The first-order valence-electron chi connectivity index (χ1n) is 4.96. The molecule has 1 aliphatic heterocycles. The average molecular weight is 300 g/mol. The summed E-state index contributed by atoms with van der Waals surface area (Å²) in [7, 11) is 0. The molecule has 1 aliphatic carbocycles. The Bertz CT molecular complexity index is 519. The van der Waals surface area contributed by atoms with Crippen LogP contribution in [0.1, 0.15) is 18.4 Å². The van der Waals surface area contributed by atoms with Crippen LogP contribution in [0.15, 0.2) is 22.8 Å². The van der Waals surface area contributed by atoms with Gasteiger partial charge in [-0.15, -0.1) is 0 Å². The van der Waals surface area contributed by atoms with Crippen molar-refractivity contribution in [2.24, 2.45) is 0 Å². The van der Waals surface area contributed by atoms with Gasteiger partial charge in [-0.25, -0.2) is 4.98 Å². The molecule has 1 aromatic rings. The van der Waals surface area contributed by atoms with Crippen molar-refractivity contribution < 1.29 is 4.79 Å². The Morgan fingerprint density at radius 3 is 2.81 bits per heavy atom. The van der Waals surface area contributed by atoms with Gasteiger partial charge in [-0.05, 0) is 28.8 Å². The molecule has 0 saturated carbocycles. The molecular weight excluding hydrogens is 291 g/mol. The van der Waals surface area contributed by atoms with Crippen LogP contribution < -0.4 is 5.32 Å². The fourth-order valence-electron chi connectivity index (χ4n) is 2.38. The van der Waals surface area contributed by atoms with Gasteiger partial charge in [0.2, 0.25) is 5.91 Å². The third kappa shape index (κ3) is 1.14. The van der Waals surface area contributed by atoms with Gasteiger partial charge >= 0.3 is 0 Å². The Kier molecular flexibility index (Phi) is 2.13. The molecule has 0 atom stereocenters.